The highest BCUT2D eigenvalue weighted by Gasteiger charge is 2.29. The molecular weight excluding hydrogens is 286 g/mol. The Morgan fingerprint density at radius 1 is 0.857 bits per heavy atom. The average Bonchev–Trinajstić information content (AvgIpc) is 3.17. The zero-order valence-electron chi connectivity index (χ0n) is 12.9. The number of rotatable bonds is 7. The molecule has 0 aromatic rings. The first-order valence-electron chi connectivity index (χ1n) is 8.61. The van der Waals surface area contributed by atoms with Gasteiger partial charge in [-0.1, -0.05) is 12.8 Å². The summed E-state index contributed by atoms with van der Waals surface area (Å²) in [5.74, 6) is 1.20. The summed E-state index contributed by atoms with van der Waals surface area (Å²) >= 11 is 0. The fraction of sp³-hybridized carbons (Fsp3) is 1.00. The Morgan fingerprint density at radius 2 is 1.48 bits per heavy atom. The molecule has 0 bridgehead atoms. The number of piperidine rings is 1. The van der Waals surface area contributed by atoms with Crippen LogP contribution >= 0.6 is 0 Å². The fourth-order valence-corrected chi connectivity index (χ4v) is 4.82. The molecule has 0 spiro atoms. The zero-order chi connectivity index (χ0) is 14.7. The van der Waals surface area contributed by atoms with Crippen molar-refractivity contribution in [1.82, 2.24) is 14.3 Å². The smallest absolute Gasteiger partial charge is 0.279 e. The third-order valence-corrected chi connectivity index (χ3v) is 6.79. The molecule has 3 fully saturated rings. The van der Waals surface area contributed by atoms with E-state index in [0.29, 0.717) is 31.5 Å². The Labute approximate surface area is 129 Å². The van der Waals surface area contributed by atoms with E-state index in [1.807, 2.05) is 0 Å². The highest BCUT2D eigenvalue weighted by atomic mass is 32.2. The van der Waals surface area contributed by atoms with E-state index >= 15 is 0 Å². The first-order valence-corrected chi connectivity index (χ1v) is 10.1. The summed E-state index contributed by atoms with van der Waals surface area (Å²) in [6, 6.07) is 0.750. The van der Waals surface area contributed by atoms with Gasteiger partial charge in [-0.3, -0.25) is 0 Å². The lowest BCUT2D eigenvalue weighted by molar-refractivity contribution is 0.264. The molecule has 2 saturated carbocycles. The molecule has 3 aliphatic rings. The number of hydrogen-bond donors (Lipinski definition) is 2. The molecule has 0 amide bonds. The van der Waals surface area contributed by atoms with Gasteiger partial charge in [0, 0.05) is 25.7 Å². The predicted octanol–water partition coefficient (Wildman–Crippen LogP) is 1.47. The summed E-state index contributed by atoms with van der Waals surface area (Å²) in [5.41, 5.74) is 0. The maximum atomic E-state index is 12.3. The minimum absolute atomic E-state index is 0.556. The van der Waals surface area contributed by atoms with E-state index in [9.17, 15) is 8.42 Å². The minimum Gasteiger partial charge on any atom is -0.314 e. The molecular formula is C15H29N3O2S. The summed E-state index contributed by atoms with van der Waals surface area (Å²) in [6.45, 7) is 3.05. The highest BCUT2D eigenvalue weighted by Crippen LogP contribution is 2.25. The van der Waals surface area contributed by atoms with Crippen LogP contribution in [0.3, 0.4) is 0 Å². The minimum atomic E-state index is -3.25. The van der Waals surface area contributed by atoms with E-state index in [4.69, 9.17) is 0 Å². The first kappa shape index (κ1) is 15.7. The van der Waals surface area contributed by atoms with Gasteiger partial charge in [-0.25, -0.2) is 4.72 Å². The topological polar surface area (TPSA) is 61.4 Å². The molecule has 6 heteroatoms. The highest BCUT2D eigenvalue weighted by molar-refractivity contribution is 7.87. The molecule has 3 rings (SSSR count). The zero-order valence-corrected chi connectivity index (χ0v) is 13.7. The Balaban J connectivity index is 1.39. The largest absolute Gasteiger partial charge is 0.314 e. The number of hydrogen-bond acceptors (Lipinski definition) is 3. The molecule has 122 valence electrons. The SMILES string of the molecule is O=S(=O)(NCC1CCCC1)N1CCC(CNC2CC2)CC1. The van der Waals surface area contributed by atoms with Crippen LogP contribution in [0.5, 0.6) is 0 Å². The molecule has 0 unspecified atom stereocenters. The lowest BCUT2D eigenvalue weighted by Crippen LogP contribution is -2.47. The lowest BCUT2D eigenvalue weighted by atomic mass is 9.98. The molecule has 0 aromatic heterocycles. The van der Waals surface area contributed by atoms with Crippen molar-refractivity contribution in [3.05, 3.63) is 0 Å². The van der Waals surface area contributed by atoms with E-state index in [1.54, 1.807) is 4.31 Å². The van der Waals surface area contributed by atoms with Crippen LogP contribution in [0.2, 0.25) is 0 Å². The van der Waals surface area contributed by atoms with Gasteiger partial charge in [0.15, 0.2) is 0 Å². The van der Waals surface area contributed by atoms with E-state index in [1.165, 1.54) is 38.5 Å². The standard InChI is InChI=1S/C15H29N3O2S/c19-21(20,17-12-13-3-1-2-4-13)18-9-7-14(8-10-18)11-16-15-5-6-15/h13-17H,1-12H2. The average molecular weight is 315 g/mol. The molecule has 1 heterocycles. The van der Waals surface area contributed by atoms with Crippen LogP contribution in [0.25, 0.3) is 0 Å². The van der Waals surface area contributed by atoms with E-state index in [2.05, 4.69) is 10.0 Å². The van der Waals surface area contributed by atoms with Crippen molar-refractivity contribution in [2.45, 2.75) is 57.4 Å². The third kappa shape index (κ3) is 4.65. The van der Waals surface area contributed by atoms with Crippen molar-refractivity contribution in [1.29, 1.82) is 0 Å². The molecule has 5 nitrogen and oxygen atoms in total. The van der Waals surface area contributed by atoms with Crippen LogP contribution in [0, 0.1) is 11.8 Å². The van der Waals surface area contributed by atoms with E-state index in [-0.39, 0.29) is 0 Å². The quantitative estimate of drug-likeness (QED) is 0.748. The van der Waals surface area contributed by atoms with E-state index in [0.717, 1.165) is 25.4 Å². The Bertz CT molecular complexity index is 422. The van der Waals surface area contributed by atoms with Crippen LogP contribution < -0.4 is 10.0 Å². The van der Waals surface area contributed by atoms with Crippen LogP contribution in [0.4, 0.5) is 0 Å². The van der Waals surface area contributed by atoms with Gasteiger partial charge < -0.3 is 5.32 Å². The van der Waals surface area contributed by atoms with E-state index < -0.39 is 10.2 Å². The Kier molecular flexibility index (Phi) is 5.19. The molecule has 0 aromatic carbocycles. The van der Waals surface area contributed by atoms with Crippen molar-refractivity contribution in [2.75, 3.05) is 26.2 Å². The summed E-state index contributed by atoms with van der Waals surface area (Å²) < 4.78 is 29.1. The first-order chi connectivity index (χ1) is 10.1. The van der Waals surface area contributed by atoms with Gasteiger partial charge in [-0.05, 0) is 56.9 Å². The summed E-state index contributed by atoms with van der Waals surface area (Å²) in [4.78, 5) is 0. The third-order valence-electron chi connectivity index (χ3n) is 5.22. The van der Waals surface area contributed by atoms with Crippen LogP contribution in [0.15, 0.2) is 0 Å². The van der Waals surface area contributed by atoms with Crippen molar-refractivity contribution < 1.29 is 8.42 Å². The van der Waals surface area contributed by atoms with Gasteiger partial charge >= 0.3 is 0 Å². The predicted molar refractivity (Wildman–Crippen MR) is 84.2 cm³/mol. The van der Waals surface area contributed by atoms with Gasteiger partial charge in [-0.2, -0.15) is 12.7 Å². The second-order valence-corrected chi connectivity index (χ2v) is 8.78. The maximum absolute atomic E-state index is 12.3. The van der Waals surface area contributed by atoms with Crippen molar-refractivity contribution >= 4 is 10.2 Å². The summed E-state index contributed by atoms with van der Waals surface area (Å²) in [7, 11) is -3.25. The number of nitrogens with one attached hydrogen (secondary N) is 2. The summed E-state index contributed by atoms with van der Waals surface area (Å²) in [5, 5.41) is 3.56. The molecule has 1 saturated heterocycles. The molecule has 0 atom stereocenters. The van der Waals surface area contributed by atoms with Gasteiger partial charge in [0.05, 0.1) is 0 Å². The van der Waals surface area contributed by atoms with Crippen molar-refractivity contribution in [2.24, 2.45) is 11.8 Å². The Hall–Kier alpha value is -0.170. The number of nitrogens with zero attached hydrogens (tertiary/aromatic N) is 1. The van der Waals surface area contributed by atoms with Gasteiger partial charge in [0.1, 0.15) is 0 Å². The summed E-state index contributed by atoms with van der Waals surface area (Å²) in [6.07, 6.45) is 9.48. The maximum Gasteiger partial charge on any atom is 0.279 e. The molecule has 2 aliphatic carbocycles. The fourth-order valence-electron chi connectivity index (χ4n) is 3.50. The Morgan fingerprint density at radius 3 is 2.10 bits per heavy atom. The van der Waals surface area contributed by atoms with Gasteiger partial charge in [0.25, 0.3) is 10.2 Å². The molecule has 2 N–H and O–H groups in total. The second kappa shape index (κ2) is 6.94. The van der Waals surface area contributed by atoms with Crippen LogP contribution in [-0.2, 0) is 10.2 Å². The molecule has 21 heavy (non-hydrogen) atoms. The second-order valence-electron chi connectivity index (χ2n) is 7.03. The van der Waals surface area contributed by atoms with Gasteiger partial charge in [0.2, 0.25) is 0 Å². The van der Waals surface area contributed by atoms with Crippen molar-refractivity contribution in [3.63, 3.8) is 0 Å². The van der Waals surface area contributed by atoms with Crippen LogP contribution in [0.1, 0.15) is 51.4 Å². The molecule has 1 aliphatic heterocycles. The normalized spacial score (nSPS) is 26.5. The van der Waals surface area contributed by atoms with Crippen molar-refractivity contribution in [3.8, 4) is 0 Å². The van der Waals surface area contributed by atoms with Crippen LogP contribution in [-0.4, -0.2) is 44.9 Å². The molecule has 0 radical (unpaired) electrons. The van der Waals surface area contributed by atoms with Gasteiger partial charge in [-0.15, -0.1) is 0 Å². The lowest BCUT2D eigenvalue weighted by Gasteiger charge is -2.31. The monoisotopic (exact) mass is 315 g/mol.